The van der Waals surface area contributed by atoms with Gasteiger partial charge in [0, 0.05) is 11.8 Å². The predicted molar refractivity (Wildman–Crippen MR) is 63.8 cm³/mol. The lowest BCUT2D eigenvalue weighted by Gasteiger charge is -2.09. The second-order valence-corrected chi connectivity index (χ2v) is 3.25. The van der Waals surface area contributed by atoms with Crippen molar-refractivity contribution < 1.29 is 24.2 Å². The van der Waals surface area contributed by atoms with E-state index < -0.39 is 11.9 Å². The van der Waals surface area contributed by atoms with E-state index >= 15 is 0 Å². The molecule has 0 atom stereocenters. The number of hydrogen-bond donors (Lipinski definition) is 2. The fourth-order valence-electron chi connectivity index (χ4n) is 1.17. The van der Waals surface area contributed by atoms with Crippen LogP contribution < -0.4 is 5.32 Å². The minimum atomic E-state index is -0.719. The third-order valence-corrected chi connectivity index (χ3v) is 1.99. The molecule has 0 saturated carbocycles. The number of anilines is 1. The Hall–Kier alpha value is -2.50. The van der Waals surface area contributed by atoms with Crippen LogP contribution in [0, 0.1) is 0 Å². The van der Waals surface area contributed by atoms with Crippen molar-refractivity contribution in [1.29, 1.82) is 0 Å². The van der Waals surface area contributed by atoms with Crippen molar-refractivity contribution in [3.8, 4) is 5.75 Å². The third-order valence-electron chi connectivity index (χ3n) is 1.99. The average Bonchev–Trinajstić information content (AvgIpc) is 2.36. The van der Waals surface area contributed by atoms with E-state index in [1.165, 1.54) is 26.4 Å². The fourth-order valence-corrected chi connectivity index (χ4v) is 1.17. The minimum absolute atomic E-state index is 0.0299. The Balaban J connectivity index is 2.95. The predicted octanol–water partition coefficient (Wildman–Crippen LogP) is 1.03. The molecule has 0 aromatic heterocycles. The fraction of sp³-hybridized carbons (Fsp3) is 0.167. The normalized spacial score (nSPS) is 10.7. The van der Waals surface area contributed by atoms with Crippen LogP contribution in [0.5, 0.6) is 5.75 Å². The first kappa shape index (κ1) is 13.6. The quantitative estimate of drug-likeness (QED) is 0.614. The highest BCUT2D eigenvalue weighted by atomic mass is 16.5. The third kappa shape index (κ3) is 3.82. The highest BCUT2D eigenvalue weighted by molar-refractivity contribution is 5.98. The average molecular weight is 251 g/mol. The van der Waals surface area contributed by atoms with Crippen molar-refractivity contribution in [3.63, 3.8) is 0 Å². The van der Waals surface area contributed by atoms with Gasteiger partial charge in [-0.2, -0.15) is 0 Å². The number of nitrogens with one attached hydrogen (secondary N) is 1. The number of phenols is 1. The molecule has 1 rings (SSSR count). The van der Waals surface area contributed by atoms with Gasteiger partial charge >= 0.3 is 11.9 Å². The number of esters is 2. The molecule has 0 unspecified atom stereocenters. The lowest BCUT2D eigenvalue weighted by atomic mass is 10.3. The maximum Gasteiger partial charge on any atom is 0.354 e. The molecule has 0 fully saturated rings. The maximum atomic E-state index is 11.4. The van der Waals surface area contributed by atoms with Crippen LogP contribution in [0.4, 0.5) is 5.69 Å². The molecule has 6 nitrogen and oxygen atoms in total. The first-order valence-electron chi connectivity index (χ1n) is 5.01. The van der Waals surface area contributed by atoms with E-state index in [1.54, 1.807) is 12.1 Å². The zero-order chi connectivity index (χ0) is 13.5. The maximum absolute atomic E-state index is 11.4. The molecule has 0 aliphatic heterocycles. The monoisotopic (exact) mass is 251 g/mol. The smallest absolute Gasteiger partial charge is 0.354 e. The Morgan fingerprint density at radius 1 is 1.28 bits per heavy atom. The molecule has 1 aromatic carbocycles. The summed E-state index contributed by atoms with van der Waals surface area (Å²) in [4.78, 5) is 22.5. The minimum Gasteiger partial charge on any atom is -0.508 e. The number of phenolic OH excluding ortho intramolecular Hbond substituents is 1. The molecule has 0 radical (unpaired) electrons. The van der Waals surface area contributed by atoms with Crippen molar-refractivity contribution in [2.75, 3.05) is 19.5 Å². The molecular weight excluding hydrogens is 238 g/mol. The van der Waals surface area contributed by atoms with Gasteiger partial charge in [-0.25, -0.2) is 9.59 Å². The summed E-state index contributed by atoms with van der Waals surface area (Å²) in [6, 6.07) is 6.08. The van der Waals surface area contributed by atoms with Gasteiger partial charge in [0.25, 0.3) is 0 Å². The van der Waals surface area contributed by atoms with Crippen LogP contribution >= 0.6 is 0 Å². The van der Waals surface area contributed by atoms with Gasteiger partial charge in [-0.1, -0.05) is 6.07 Å². The van der Waals surface area contributed by atoms with E-state index in [-0.39, 0.29) is 11.4 Å². The largest absolute Gasteiger partial charge is 0.508 e. The topological polar surface area (TPSA) is 84.9 Å². The number of aromatic hydroxyl groups is 1. The molecule has 96 valence electrons. The molecule has 0 bridgehead atoms. The molecule has 0 spiro atoms. The summed E-state index contributed by atoms with van der Waals surface area (Å²) in [6.07, 6.45) is 0.968. The molecule has 0 saturated heterocycles. The van der Waals surface area contributed by atoms with E-state index in [0.717, 1.165) is 6.08 Å². The molecule has 2 N–H and O–H groups in total. The molecule has 18 heavy (non-hydrogen) atoms. The van der Waals surface area contributed by atoms with Gasteiger partial charge < -0.3 is 19.9 Å². The van der Waals surface area contributed by atoms with Crippen LogP contribution in [0.2, 0.25) is 0 Å². The summed E-state index contributed by atoms with van der Waals surface area (Å²) in [5, 5.41) is 11.9. The van der Waals surface area contributed by atoms with Gasteiger partial charge in [-0.05, 0) is 12.1 Å². The number of hydrogen-bond acceptors (Lipinski definition) is 6. The highest BCUT2D eigenvalue weighted by Gasteiger charge is 2.12. The standard InChI is InChI=1S/C12H13NO5/c1-17-11(15)7-10(12(16)18-2)13-8-4-3-5-9(14)6-8/h3-7,13-14H,1-2H3/b10-7-. The van der Waals surface area contributed by atoms with Crippen LogP contribution in [0.1, 0.15) is 0 Å². The van der Waals surface area contributed by atoms with Crippen molar-refractivity contribution >= 4 is 17.6 Å². The van der Waals surface area contributed by atoms with E-state index in [4.69, 9.17) is 0 Å². The van der Waals surface area contributed by atoms with Crippen molar-refractivity contribution in [3.05, 3.63) is 36.0 Å². The number of methoxy groups -OCH3 is 2. The first-order chi connectivity index (χ1) is 8.56. The van der Waals surface area contributed by atoms with Gasteiger partial charge in [0.1, 0.15) is 11.4 Å². The second kappa shape index (κ2) is 6.29. The lowest BCUT2D eigenvalue weighted by Crippen LogP contribution is -2.15. The number of carbonyl (C=O) groups is 2. The summed E-state index contributed by atoms with van der Waals surface area (Å²) in [5.74, 6) is -1.38. The van der Waals surface area contributed by atoms with E-state index in [2.05, 4.69) is 14.8 Å². The lowest BCUT2D eigenvalue weighted by molar-refractivity contribution is -0.138. The van der Waals surface area contributed by atoms with Crippen molar-refractivity contribution in [2.24, 2.45) is 0 Å². The zero-order valence-corrected chi connectivity index (χ0v) is 9.97. The van der Waals surface area contributed by atoms with Gasteiger partial charge in [0.05, 0.1) is 20.3 Å². The molecule has 1 aromatic rings. The molecule has 0 heterocycles. The molecule has 0 amide bonds. The Labute approximate surface area is 104 Å². The van der Waals surface area contributed by atoms with Crippen LogP contribution in [-0.2, 0) is 19.1 Å². The molecule has 0 aliphatic rings. The number of benzene rings is 1. The first-order valence-corrected chi connectivity index (χ1v) is 5.01. The Bertz CT molecular complexity index is 481. The van der Waals surface area contributed by atoms with Crippen LogP contribution in [0.3, 0.4) is 0 Å². The number of carbonyl (C=O) groups excluding carboxylic acids is 2. The highest BCUT2D eigenvalue weighted by Crippen LogP contribution is 2.17. The van der Waals surface area contributed by atoms with Gasteiger partial charge in [0.15, 0.2) is 0 Å². The molecule has 6 heteroatoms. The molecular formula is C12H13NO5. The summed E-state index contributed by atoms with van der Waals surface area (Å²) in [5.41, 5.74) is 0.352. The SMILES string of the molecule is COC(=O)/C=C(\Nc1cccc(O)c1)C(=O)OC. The van der Waals surface area contributed by atoms with Crippen LogP contribution in [0.15, 0.2) is 36.0 Å². The number of rotatable bonds is 4. The number of ether oxygens (including phenoxy) is 2. The summed E-state index contributed by atoms with van der Waals surface area (Å²) < 4.78 is 8.94. The van der Waals surface area contributed by atoms with E-state index in [0.29, 0.717) is 5.69 Å². The Morgan fingerprint density at radius 3 is 2.56 bits per heavy atom. The van der Waals surface area contributed by atoms with Crippen LogP contribution in [0.25, 0.3) is 0 Å². The zero-order valence-electron chi connectivity index (χ0n) is 9.97. The summed E-state index contributed by atoms with van der Waals surface area (Å²) >= 11 is 0. The van der Waals surface area contributed by atoms with Gasteiger partial charge in [-0.15, -0.1) is 0 Å². The Morgan fingerprint density at radius 2 is 2.00 bits per heavy atom. The molecule has 0 aliphatic carbocycles. The summed E-state index contributed by atoms with van der Waals surface area (Å²) in [7, 11) is 2.39. The van der Waals surface area contributed by atoms with Crippen molar-refractivity contribution in [1.82, 2.24) is 0 Å². The summed E-state index contributed by atoms with van der Waals surface area (Å²) in [6.45, 7) is 0. The van der Waals surface area contributed by atoms with Gasteiger partial charge in [-0.3, -0.25) is 0 Å². The Kier molecular flexibility index (Phi) is 4.74. The van der Waals surface area contributed by atoms with E-state index in [1.807, 2.05) is 0 Å². The van der Waals surface area contributed by atoms with Crippen LogP contribution in [-0.4, -0.2) is 31.3 Å². The van der Waals surface area contributed by atoms with E-state index in [9.17, 15) is 14.7 Å². The second-order valence-electron chi connectivity index (χ2n) is 3.25. The van der Waals surface area contributed by atoms with Crippen molar-refractivity contribution in [2.45, 2.75) is 0 Å². The van der Waals surface area contributed by atoms with Gasteiger partial charge in [0.2, 0.25) is 0 Å².